The summed E-state index contributed by atoms with van der Waals surface area (Å²) in [5, 5.41) is 9.66. The van der Waals surface area contributed by atoms with Crippen molar-refractivity contribution in [2.24, 2.45) is 4.99 Å². The predicted molar refractivity (Wildman–Crippen MR) is 76.7 cm³/mol. The highest BCUT2D eigenvalue weighted by Crippen LogP contribution is 2.22. The molecular formula is C15H14BNO. The molecule has 3 heteroatoms. The van der Waals surface area contributed by atoms with E-state index < -0.39 is 0 Å². The fraction of sp³-hybridized carbons (Fsp3) is 0.133. The standard InChI is InChI=1S/C15H14BNO/c1-10-7-13(16)8-11(2)15(10)17-9-12-5-3-4-6-14(12)18/h3-9,18H,1-2H3. The summed E-state index contributed by atoms with van der Waals surface area (Å²) in [6, 6.07) is 10.9. The van der Waals surface area contributed by atoms with Gasteiger partial charge in [0.2, 0.25) is 0 Å². The third kappa shape index (κ3) is 2.62. The van der Waals surface area contributed by atoms with Gasteiger partial charge in [-0.15, -0.1) is 0 Å². The monoisotopic (exact) mass is 235 g/mol. The number of phenolic OH excluding ortho intramolecular Hbond substituents is 1. The third-order valence-electron chi connectivity index (χ3n) is 2.78. The average molecular weight is 235 g/mol. The molecule has 0 saturated heterocycles. The second-order valence-corrected chi connectivity index (χ2v) is 4.32. The first-order valence-electron chi connectivity index (χ1n) is 5.76. The molecule has 88 valence electrons. The maximum absolute atomic E-state index is 9.66. The van der Waals surface area contributed by atoms with Gasteiger partial charge in [-0.05, 0) is 37.1 Å². The number of aryl methyl sites for hydroxylation is 2. The Morgan fingerprint density at radius 3 is 2.33 bits per heavy atom. The number of rotatable bonds is 2. The Morgan fingerprint density at radius 2 is 1.72 bits per heavy atom. The number of phenols is 1. The van der Waals surface area contributed by atoms with Crippen molar-refractivity contribution in [1.82, 2.24) is 0 Å². The van der Waals surface area contributed by atoms with Crippen molar-refractivity contribution in [2.75, 3.05) is 0 Å². The summed E-state index contributed by atoms with van der Waals surface area (Å²) >= 11 is 0. The molecule has 0 aliphatic heterocycles. The van der Waals surface area contributed by atoms with Gasteiger partial charge in [-0.2, -0.15) is 0 Å². The molecule has 18 heavy (non-hydrogen) atoms. The normalized spacial score (nSPS) is 11.0. The van der Waals surface area contributed by atoms with E-state index in [0.717, 1.165) is 22.3 Å². The summed E-state index contributed by atoms with van der Waals surface area (Å²) in [4.78, 5) is 4.44. The highest BCUT2D eigenvalue weighted by atomic mass is 16.3. The van der Waals surface area contributed by atoms with Crippen molar-refractivity contribution in [1.29, 1.82) is 0 Å². The average Bonchev–Trinajstić information content (AvgIpc) is 2.30. The molecule has 0 spiro atoms. The lowest BCUT2D eigenvalue weighted by Crippen LogP contribution is -2.03. The minimum absolute atomic E-state index is 0.229. The van der Waals surface area contributed by atoms with Crippen LogP contribution in [0, 0.1) is 13.8 Å². The summed E-state index contributed by atoms with van der Waals surface area (Å²) in [5.74, 6) is 0.229. The van der Waals surface area contributed by atoms with Crippen molar-refractivity contribution < 1.29 is 5.11 Å². The molecular weight excluding hydrogens is 221 g/mol. The Morgan fingerprint density at radius 1 is 1.11 bits per heavy atom. The Labute approximate surface area is 108 Å². The first-order valence-corrected chi connectivity index (χ1v) is 5.76. The summed E-state index contributed by atoms with van der Waals surface area (Å²) in [7, 11) is 5.77. The molecule has 0 aromatic heterocycles. The van der Waals surface area contributed by atoms with E-state index in [1.54, 1.807) is 18.3 Å². The summed E-state index contributed by atoms with van der Waals surface area (Å²) in [6.07, 6.45) is 1.67. The van der Waals surface area contributed by atoms with Gasteiger partial charge in [0.05, 0.1) is 5.69 Å². The van der Waals surface area contributed by atoms with Crippen LogP contribution < -0.4 is 5.46 Å². The van der Waals surface area contributed by atoms with Gasteiger partial charge in [0.15, 0.2) is 0 Å². The Kier molecular flexibility index (Phi) is 3.51. The number of benzene rings is 2. The Balaban J connectivity index is 2.38. The summed E-state index contributed by atoms with van der Waals surface area (Å²) in [5.41, 5.74) is 4.39. The molecule has 0 atom stereocenters. The van der Waals surface area contributed by atoms with E-state index in [2.05, 4.69) is 4.99 Å². The van der Waals surface area contributed by atoms with E-state index in [1.165, 1.54) is 0 Å². The fourth-order valence-corrected chi connectivity index (χ4v) is 1.92. The summed E-state index contributed by atoms with van der Waals surface area (Å²) < 4.78 is 0. The molecule has 0 aliphatic carbocycles. The molecule has 0 fully saturated rings. The van der Waals surface area contributed by atoms with Gasteiger partial charge in [-0.1, -0.05) is 29.7 Å². The molecule has 0 saturated carbocycles. The quantitative estimate of drug-likeness (QED) is 0.629. The largest absolute Gasteiger partial charge is 0.507 e. The second-order valence-electron chi connectivity index (χ2n) is 4.32. The van der Waals surface area contributed by atoms with Crippen LogP contribution in [-0.2, 0) is 0 Å². The van der Waals surface area contributed by atoms with Crippen LogP contribution in [0.2, 0.25) is 0 Å². The minimum atomic E-state index is 0.229. The Hall–Kier alpha value is -2.03. The maximum Gasteiger partial charge on any atom is 0.124 e. The van der Waals surface area contributed by atoms with E-state index in [-0.39, 0.29) is 5.75 Å². The zero-order valence-electron chi connectivity index (χ0n) is 10.5. The second kappa shape index (κ2) is 5.09. The molecule has 2 aromatic carbocycles. The lowest BCUT2D eigenvalue weighted by Gasteiger charge is -2.06. The minimum Gasteiger partial charge on any atom is -0.507 e. The zero-order valence-corrected chi connectivity index (χ0v) is 10.5. The number of aliphatic imine (C=N–C) groups is 1. The van der Waals surface area contributed by atoms with Crippen LogP contribution in [0.1, 0.15) is 16.7 Å². The SMILES string of the molecule is [B]c1cc(C)c(N=Cc2ccccc2O)c(C)c1. The van der Waals surface area contributed by atoms with Crippen molar-refractivity contribution >= 4 is 25.2 Å². The van der Waals surface area contributed by atoms with Crippen LogP contribution in [0.25, 0.3) is 0 Å². The molecule has 2 aromatic rings. The van der Waals surface area contributed by atoms with Gasteiger partial charge >= 0.3 is 0 Å². The van der Waals surface area contributed by atoms with Gasteiger partial charge in [0.25, 0.3) is 0 Å². The molecule has 2 nitrogen and oxygen atoms in total. The highest BCUT2D eigenvalue weighted by molar-refractivity contribution is 6.32. The first kappa shape index (κ1) is 12.4. The van der Waals surface area contributed by atoms with Crippen LogP contribution in [0.15, 0.2) is 41.4 Å². The van der Waals surface area contributed by atoms with Gasteiger partial charge in [0.1, 0.15) is 13.6 Å². The van der Waals surface area contributed by atoms with Crippen LogP contribution in [0.5, 0.6) is 5.75 Å². The smallest absolute Gasteiger partial charge is 0.124 e. The number of hydrogen-bond donors (Lipinski definition) is 1. The fourth-order valence-electron chi connectivity index (χ4n) is 1.92. The van der Waals surface area contributed by atoms with Crippen molar-refractivity contribution in [3.8, 4) is 5.75 Å². The van der Waals surface area contributed by atoms with Crippen molar-refractivity contribution in [3.63, 3.8) is 0 Å². The molecule has 2 rings (SSSR count). The van der Waals surface area contributed by atoms with E-state index in [0.29, 0.717) is 5.56 Å². The third-order valence-corrected chi connectivity index (χ3v) is 2.78. The molecule has 2 radical (unpaired) electrons. The van der Waals surface area contributed by atoms with Gasteiger partial charge in [-0.3, -0.25) is 4.99 Å². The van der Waals surface area contributed by atoms with Gasteiger partial charge in [0, 0.05) is 11.8 Å². The van der Waals surface area contributed by atoms with E-state index >= 15 is 0 Å². The molecule has 1 N–H and O–H groups in total. The van der Waals surface area contributed by atoms with Crippen LogP contribution in [0.4, 0.5) is 5.69 Å². The van der Waals surface area contributed by atoms with Gasteiger partial charge < -0.3 is 5.11 Å². The van der Waals surface area contributed by atoms with E-state index in [4.69, 9.17) is 7.85 Å². The number of para-hydroxylation sites is 1. The van der Waals surface area contributed by atoms with E-state index in [9.17, 15) is 5.11 Å². The molecule has 0 amide bonds. The van der Waals surface area contributed by atoms with Crippen molar-refractivity contribution in [3.05, 3.63) is 53.1 Å². The van der Waals surface area contributed by atoms with Crippen LogP contribution >= 0.6 is 0 Å². The Bertz CT molecular complexity index is 582. The predicted octanol–water partition coefficient (Wildman–Crippen LogP) is 2.55. The van der Waals surface area contributed by atoms with Crippen LogP contribution in [-0.4, -0.2) is 19.2 Å². The molecule has 0 bridgehead atoms. The molecule has 0 heterocycles. The number of aromatic hydroxyl groups is 1. The number of hydrogen-bond acceptors (Lipinski definition) is 2. The van der Waals surface area contributed by atoms with Gasteiger partial charge in [-0.25, -0.2) is 0 Å². The number of nitrogens with zero attached hydrogens (tertiary/aromatic N) is 1. The lowest BCUT2D eigenvalue weighted by atomic mass is 9.91. The van der Waals surface area contributed by atoms with E-state index in [1.807, 2.05) is 38.1 Å². The first-order chi connectivity index (χ1) is 8.58. The van der Waals surface area contributed by atoms with Crippen molar-refractivity contribution in [2.45, 2.75) is 13.8 Å². The molecule has 0 aliphatic rings. The topological polar surface area (TPSA) is 32.6 Å². The molecule has 0 unspecified atom stereocenters. The maximum atomic E-state index is 9.66. The van der Waals surface area contributed by atoms with Crippen LogP contribution in [0.3, 0.4) is 0 Å². The highest BCUT2D eigenvalue weighted by Gasteiger charge is 2.02. The zero-order chi connectivity index (χ0) is 13.1. The lowest BCUT2D eigenvalue weighted by molar-refractivity contribution is 0.474. The summed E-state index contributed by atoms with van der Waals surface area (Å²) in [6.45, 7) is 3.95.